The molecule has 0 atom stereocenters. The molecule has 0 saturated carbocycles. The highest BCUT2D eigenvalue weighted by atomic mass is 79.9. The highest BCUT2D eigenvalue weighted by Crippen LogP contribution is 2.23. The summed E-state index contributed by atoms with van der Waals surface area (Å²) in [4.78, 5) is 31.5. The summed E-state index contributed by atoms with van der Waals surface area (Å²) in [6, 6.07) is 10.5. The van der Waals surface area contributed by atoms with Crippen molar-refractivity contribution in [3.63, 3.8) is 0 Å². The number of benzene rings is 1. The van der Waals surface area contributed by atoms with Gasteiger partial charge >= 0.3 is 0 Å². The zero-order chi connectivity index (χ0) is 17.8. The lowest BCUT2D eigenvalue weighted by atomic mass is 10.3. The summed E-state index contributed by atoms with van der Waals surface area (Å²) in [7, 11) is 0. The van der Waals surface area contributed by atoms with Crippen molar-refractivity contribution in [2.45, 2.75) is 0 Å². The molecule has 7 nitrogen and oxygen atoms in total. The number of nitrogens with one attached hydrogen (secondary N) is 1. The Morgan fingerprint density at radius 1 is 1.16 bits per heavy atom. The van der Waals surface area contributed by atoms with E-state index >= 15 is 0 Å². The molecule has 126 valence electrons. The van der Waals surface area contributed by atoms with E-state index in [-0.39, 0.29) is 10.0 Å². The topological polar surface area (TPSA) is 107 Å². The molecule has 0 radical (unpaired) electrons. The Kier molecular flexibility index (Phi) is 5.05. The van der Waals surface area contributed by atoms with Crippen molar-refractivity contribution in [2.24, 2.45) is 5.73 Å². The van der Waals surface area contributed by atoms with Gasteiger partial charge in [-0.05, 0) is 24.3 Å². The van der Waals surface area contributed by atoms with Gasteiger partial charge < -0.3 is 10.5 Å². The van der Waals surface area contributed by atoms with E-state index in [0.29, 0.717) is 17.2 Å². The minimum atomic E-state index is -0.589. The summed E-state index contributed by atoms with van der Waals surface area (Å²) in [5.41, 5.74) is 5.48. The lowest BCUT2D eigenvalue weighted by molar-refractivity contribution is 0.100. The number of nitrogens with two attached hydrogens (primary N) is 1. The lowest BCUT2D eigenvalue weighted by Gasteiger charge is -2.06. The van der Waals surface area contributed by atoms with E-state index in [1.807, 2.05) is 12.1 Å². The van der Waals surface area contributed by atoms with Crippen molar-refractivity contribution in [2.75, 3.05) is 5.32 Å². The van der Waals surface area contributed by atoms with E-state index in [2.05, 4.69) is 31.2 Å². The Hall–Kier alpha value is -2.78. The Morgan fingerprint density at radius 3 is 2.64 bits per heavy atom. The van der Waals surface area contributed by atoms with Gasteiger partial charge in [0.15, 0.2) is 5.13 Å². The number of amides is 2. The van der Waals surface area contributed by atoms with E-state index in [1.165, 1.54) is 12.4 Å². The van der Waals surface area contributed by atoms with Crippen molar-refractivity contribution in [3.05, 3.63) is 63.7 Å². The molecule has 0 bridgehead atoms. The van der Waals surface area contributed by atoms with Crippen LogP contribution in [0.1, 0.15) is 20.0 Å². The van der Waals surface area contributed by atoms with Crippen molar-refractivity contribution in [1.82, 2.24) is 9.97 Å². The van der Waals surface area contributed by atoms with Gasteiger partial charge in [-0.25, -0.2) is 9.97 Å². The number of carbonyl (C=O) groups excluding carboxylic acids is 2. The molecule has 0 spiro atoms. The maximum absolute atomic E-state index is 12.2. The first-order chi connectivity index (χ1) is 12.0. The Labute approximate surface area is 155 Å². The smallest absolute Gasteiger partial charge is 0.260 e. The Balaban J connectivity index is 1.66. The van der Waals surface area contributed by atoms with Crippen LogP contribution in [-0.4, -0.2) is 21.8 Å². The van der Waals surface area contributed by atoms with Crippen LogP contribution in [0.2, 0.25) is 0 Å². The first kappa shape index (κ1) is 17.1. The first-order valence-corrected chi connectivity index (χ1v) is 8.58. The molecule has 3 rings (SSSR count). The highest BCUT2D eigenvalue weighted by Gasteiger charge is 2.12. The average molecular weight is 419 g/mol. The van der Waals surface area contributed by atoms with Crippen molar-refractivity contribution >= 4 is 44.2 Å². The number of anilines is 1. The number of hydrogen-bond acceptors (Lipinski definition) is 6. The van der Waals surface area contributed by atoms with Gasteiger partial charge in [0.1, 0.15) is 10.6 Å². The maximum atomic E-state index is 12.2. The average Bonchev–Trinajstić information content (AvgIpc) is 3.04. The highest BCUT2D eigenvalue weighted by molar-refractivity contribution is 9.10. The van der Waals surface area contributed by atoms with Crippen molar-refractivity contribution in [3.8, 4) is 11.6 Å². The predicted octanol–water partition coefficient (Wildman–Crippen LogP) is 3.44. The molecular weight excluding hydrogens is 408 g/mol. The standard InChI is InChI=1S/C16H11BrN4O3S/c17-10-2-1-3-11(6-10)24-13-5-4-9(7-19-13)15(23)21-16-20-8-12(25-16)14(18)22/h1-8H,(H2,18,22)(H,20,21,23). The second-order valence-electron chi connectivity index (χ2n) is 4.79. The lowest BCUT2D eigenvalue weighted by Crippen LogP contribution is -2.12. The number of pyridine rings is 1. The van der Waals surface area contributed by atoms with Crippen LogP contribution in [-0.2, 0) is 0 Å². The van der Waals surface area contributed by atoms with Gasteiger partial charge in [0.05, 0.1) is 11.8 Å². The van der Waals surface area contributed by atoms with Gasteiger partial charge in [0.2, 0.25) is 5.88 Å². The fourth-order valence-corrected chi connectivity index (χ4v) is 2.88. The van der Waals surface area contributed by atoms with Gasteiger partial charge in [0.25, 0.3) is 11.8 Å². The summed E-state index contributed by atoms with van der Waals surface area (Å²) in [5.74, 6) is 0.00125. The number of carbonyl (C=O) groups is 2. The van der Waals surface area contributed by atoms with Crippen LogP contribution in [0.3, 0.4) is 0 Å². The molecule has 9 heteroatoms. The molecule has 25 heavy (non-hydrogen) atoms. The van der Waals surface area contributed by atoms with Gasteiger partial charge in [-0.2, -0.15) is 0 Å². The van der Waals surface area contributed by atoms with Crippen LogP contribution in [0.25, 0.3) is 0 Å². The summed E-state index contributed by atoms with van der Waals surface area (Å²) in [6.07, 6.45) is 2.71. The second kappa shape index (κ2) is 7.41. The molecular formula is C16H11BrN4O3S. The number of halogens is 1. The third-order valence-corrected chi connectivity index (χ3v) is 4.41. The first-order valence-electron chi connectivity index (χ1n) is 6.98. The molecule has 1 aromatic carbocycles. The van der Waals surface area contributed by atoms with Crippen LogP contribution in [0.4, 0.5) is 5.13 Å². The molecule has 0 unspecified atom stereocenters. The SMILES string of the molecule is NC(=O)c1cnc(NC(=O)c2ccc(Oc3cccc(Br)c3)nc2)s1. The molecule has 2 heterocycles. The number of primary amides is 1. The second-order valence-corrected chi connectivity index (χ2v) is 6.74. The normalized spacial score (nSPS) is 10.3. The maximum Gasteiger partial charge on any atom is 0.260 e. The fraction of sp³-hybridized carbons (Fsp3) is 0. The monoisotopic (exact) mass is 418 g/mol. The molecule has 0 aliphatic rings. The Bertz CT molecular complexity index is 927. The minimum absolute atomic E-state index is 0.270. The largest absolute Gasteiger partial charge is 0.439 e. The third-order valence-electron chi connectivity index (χ3n) is 2.99. The number of ether oxygens (including phenoxy) is 1. The van der Waals surface area contributed by atoms with Crippen LogP contribution in [0, 0.1) is 0 Å². The zero-order valence-corrected chi connectivity index (χ0v) is 15.0. The predicted molar refractivity (Wildman–Crippen MR) is 97.0 cm³/mol. The van der Waals surface area contributed by atoms with Crippen LogP contribution >= 0.6 is 27.3 Å². The number of nitrogens with zero attached hydrogens (tertiary/aromatic N) is 2. The summed E-state index contributed by atoms with van der Waals surface area (Å²) in [6.45, 7) is 0. The molecule has 0 saturated heterocycles. The molecule has 0 aliphatic carbocycles. The number of hydrogen-bond donors (Lipinski definition) is 2. The van der Waals surface area contributed by atoms with Gasteiger partial charge in [-0.3, -0.25) is 14.9 Å². The van der Waals surface area contributed by atoms with E-state index in [4.69, 9.17) is 10.5 Å². The van der Waals surface area contributed by atoms with Gasteiger partial charge in [-0.15, -0.1) is 0 Å². The quantitative estimate of drug-likeness (QED) is 0.659. The molecule has 0 fully saturated rings. The minimum Gasteiger partial charge on any atom is -0.439 e. The van der Waals surface area contributed by atoms with Crippen molar-refractivity contribution < 1.29 is 14.3 Å². The van der Waals surface area contributed by atoms with Crippen LogP contribution < -0.4 is 15.8 Å². The summed E-state index contributed by atoms with van der Waals surface area (Å²) < 4.78 is 6.50. The fourth-order valence-electron chi connectivity index (χ4n) is 1.84. The van der Waals surface area contributed by atoms with E-state index < -0.39 is 11.8 Å². The molecule has 0 aliphatic heterocycles. The van der Waals surface area contributed by atoms with Crippen molar-refractivity contribution in [1.29, 1.82) is 0 Å². The van der Waals surface area contributed by atoms with E-state index in [9.17, 15) is 9.59 Å². The van der Waals surface area contributed by atoms with Gasteiger partial charge in [0, 0.05) is 16.7 Å². The van der Waals surface area contributed by atoms with Crippen LogP contribution in [0.5, 0.6) is 11.6 Å². The zero-order valence-electron chi connectivity index (χ0n) is 12.6. The van der Waals surface area contributed by atoms with Gasteiger partial charge in [-0.1, -0.05) is 33.3 Å². The number of thiazole rings is 1. The Morgan fingerprint density at radius 2 is 2.00 bits per heavy atom. The number of rotatable bonds is 5. The molecule has 2 aromatic heterocycles. The summed E-state index contributed by atoms with van der Waals surface area (Å²) >= 11 is 4.36. The van der Waals surface area contributed by atoms with E-state index in [0.717, 1.165) is 15.8 Å². The molecule has 2 amide bonds. The third kappa shape index (κ3) is 4.40. The van der Waals surface area contributed by atoms with E-state index in [1.54, 1.807) is 24.3 Å². The number of aromatic nitrogens is 2. The molecule has 3 N–H and O–H groups in total. The molecule has 3 aromatic rings. The summed E-state index contributed by atoms with van der Waals surface area (Å²) in [5, 5.41) is 2.87. The van der Waals surface area contributed by atoms with Crippen LogP contribution in [0.15, 0.2) is 53.3 Å².